The van der Waals surface area contributed by atoms with Crippen LogP contribution in [0.25, 0.3) is 0 Å². The Labute approximate surface area is 124 Å². The Bertz CT molecular complexity index is 485. The molecule has 2 unspecified atom stereocenters. The second-order valence-electron chi connectivity index (χ2n) is 5.52. The zero-order valence-corrected chi connectivity index (χ0v) is 12.2. The van der Waals surface area contributed by atoms with Crippen molar-refractivity contribution in [3.05, 3.63) is 29.8 Å². The van der Waals surface area contributed by atoms with Gasteiger partial charge in [-0.3, -0.25) is 14.9 Å². The minimum Gasteiger partial charge on any atom is -0.480 e. The highest BCUT2D eigenvalue weighted by Gasteiger charge is 2.26. The van der Waals surface area contributed by atoms with Gasteiger partial charge in [0.05, 0.1) is 0 Å². The maximum atomic E-state index is 11.3. The van der Waals surface area contributed by atoms with Crippen molar-refractivity contribution in [1.82, 2.24) is 5.32 Å². The fourth-order valence-corrected chi connectivity index (χ4v) is 2.06. The van der Waals surface area contributed by atoms with Crippen LogP contribution in [0.3, 0.4) is 0 Å². The lowest BCUT2D eigenvalue weighted by atomic mass is 10.0. The number of aliphatic carboxylic acids is 2. The molecule has 1 aromatic carbocycles. The van der Waals surface area contributed by atoms with Gasteiger partial charge in [-0.25, -0.2) is 0 Å². The number of rotatable bonds is 8. The van der Waals surface area contributed by atoms with Crippen LogP contribution < -0.4 is 11.1 Å². The molecule has 0 amide bonds. The van der Waals surface area contributed by atoms with Gasteiger partial charge < -0.3 is 15.9 Å². The van der Waals surface area contributed by atoms with Crippen LogP contribution in [-0.2, 0) is 16.0 Å². The average Bonchev–Trinajstić information content (AvgIpc) is 2.38. The molecule has 2 atom stereocenters. The predicted octanol–water partition coefficient (Wildman–Crippen LogP) is 1.35. The maximum Gasteiger partial charge on any atom is 0.321 e. The molecule has 0 aliphatic carbocycles. The second kappa shape index (κ2) is 7.64. The van der Waals surface area contributed by atoms with Gasteiger partial charge in [0.2, 0.25) is 0 Å². The van der Waals surface area contributed by atoms with Crippen molar-refractivity contribution < 1.29 is 19.8 Å². The van der Waals surface area contributed by atoms with Crippen LogP contribution >= 0.6 is 0 Å². The van der Waals surface area contributed by atoms with Crippen LogP contribution in [0.5, 0.6) is 0 Å². The standard InChI is InChI=1S/C15H22N2O4/c1-9(2)7-12(14(18)19)17-13(15(20)21)8-10-3-5-11(16)6-4-10/h3-6,9,12-13,17H,7-8,16H2,1-2H3,(H,18,19)(H,20,21). The molecule has 0 aliphatic heterocycles. The lowest BCUT2D eigenvalue weighted by molar-refractivity contribution is -0.142. The Morgan fingerprint density at radius 2 is 1.62 bits per heavy atom. The molecule has 5 N–H and O–H groups in total. The summed E-state index contributed by atoms with van der Waals surface area (Å²) < 4.78 is 0. The average molecular weight is 294 g/mol. The number of hydrogen-bond acceptors (Lipinski definition) is 4. The number of anilines is 1. The van der Waals surface area contributed by atoms with E-state index in [4.69, 9.17) is 5.73 Å². The van der Waals surface area contributed by atoms with E-state index >= 15 is 0 Å². The van der Waals surface area contributed by atoms with Crippen molar-refractivity contribution in [3.8, 4) is 0 Å². The predicted molar refractivity (Wildman–Crippen MR) is 80.0 cm³/mol. The Morgan fingerprint density at radius 1 is 1.10 bits per heavy atom. The maximum absolute atomic E-state index is 11.3. The highest BCUT2D eigenvalue weighted by molar-refractivity contribution is 5.77. The minimum absolute atomic E-state index is 0.157. The lowest BCUT2D eigenvalue weighted by Crippen LogP contribution is -2.48. The Kier molecular flexibility index (Phi) is 6.17. The molecule has 0 fully saturated rings. The number of nitrogens with one attached hydrogen (secondary N) is 1. The first-order valence-electron chi connectivity index (χ1n) is 6.85. The van der Waals surface area contributed by atoms with Crippen LogP contribution in [0.15, 0.2) is 24.3 Å². The van der Waals surface area contributed by atoms with Crippen LogP contribution in [0.1, 0.15) is 25.8 Å². The third-order valence-electron chi connectivity index (χ3n) is 3.13. The Balaban J connectivity index is 2.78. The Hall–Kier alpha value is -2.08. The SMILES string of the molecule is CC(C)CC(NC(Cc1ccc(N)cc1)C(=O)O)C(=O)O. The van der Waals surface area contributed by atoms with Crippen molar-refractivity contribution in [1.29, 1.82) is 0 Å². The van der Waals surface area contributed by atoms with Crippen molar-refractivity contribution in [2.45, 2.75) is 38.8 Å². The third kappa shape index (κ3) is 5.83. The van der Waals surface area contributed by atoms with Gasteiger partial charge in [0.15, 0.2) is 0 Å². The van der Waals surface area contributed by atoms with E-state index in [9.17, 15) is 19.8 Å². The molecule has 6 heteroatoms. The summed E-state index contributed by atoms with van der Waals surface area (Å²) >= 11 is 0. The highest BCUT2D eigenvalue weighted by atomic mass is 16.4. The quantitative estimate of drug-likeness (QED) is 0.538. The molecule has 1 rings (SSSR count). The van der Waals surface area contributed by atoms with Crippen LogP contribution in [0.4, 0.5) is 5.69 Å². The van der Waals surface area contributed by atoms with Crippen LogP contribution in [0, 0.1) is 5.92 Å². The van der Waals surface area contributed by atoms with Gasteiger partial charge >= 0.3 is 11.9 Å². The molecular formula is C15H22N2O4. The zero-order chi connectivity index (χ0) is 16.0. The molecule has 116 valence electrons. The van der Waals surface area contributed by atoms with E-state index in [0.717, 1.165) is 5.56 Å². The Morgan fingerprint density at radius 3 is 2.05 bits per heavy atom. The summed E-state index contributed by atoms with van der Waals surface area (Å²) in [5, 5.41) is 21.2. The van der Waals surface area contributed by atoms with E-state index in [1.165, 1.54) is 0 Å². The highest BCUT2D eigenvalue weighted by Crippen LogP contribution is 2.11. The second-order valence-corrected chi connectivity index (χ2v) is 5.52. The molecule has 0 heterocycles. The first kappa shape index (κ1) is 17.0. The number of nitrogen functional groups attached to an aromatic ring is 1. The molecule has 21 heavy (non-hydrogen) atoms. The van der Waals surface area contributed by atoms with E-state index in [-0.39, 0.29) is 12.3 Å². The molecule has 0 saturated carbocycles. The number of nitrogens with two attached hydrogens (primary N) is 1. The van der Waals surface area contributed by atoms with E-state index < -0.39 is 24.0 Å². The fourth-order valence-electron chi connectivity index (χ4n) is 2.06. The molecule has 0 saturated heterocycles. The number of hydrogen-bond donors (Lipinski definition) is 4. The van der Waals surface area contributed by atoms with Crippen molar-refractivity contribution >= 4 is 17.6 Å². The smallest absolute Gasteiger partial charge is 0.321 e. The van der Waals surface area contributed by atoms with E-state index in [0.29, 0.717) is 12.1 Å². The summed E-state index contributed by atoms with van der Waals surface area (Å²) in [6.45, 7) is 3.79. The number of carboxylic acids is 2. The molecule has 0 spiro atoms. The van der Waals surface area contributed by atoms with Gasteiger partial charge in [0, 0.05) is 5.69 Å². The van der Waals surface area contributed by atoms with Gasteiger partial charge in [0.25, 0.3) is 0 Å². The summed E-state index contributed by atoms with van der Waals surface area (Å²) in [6, 6.07) is 5.04. The van der Waals surface area contributed by atoms with Gasteiger partial charge in [0.1, 0.15) is 12.1 Å². The van der Waals surface area contributed by atoms with Gasteiger partial charge in [-0.1, -0.05) is 26.0 Å². The normalized spacial score (nSPS) is 13.9. The van der Waals surface area contributed by atoms with Crippen molar-refractivity contribution in [3.63, 3.8) is 0 Å². The monoisotopic (exact) mass is 294 g/mol. The summed E-state index contributed by atoms with van der Waals surface area (Å²) in [6.07, 6.45) is 0.582. The van der Waals surface area contributed by atoms with Gasteiger partial charge in [-0.15, -0.1) is 0 Å². The molecule has 0 aromatic heterocycles. The van der Waals surface area contributed by atoms with E-state index in [1.807, 2.05) is 13.8 Å². The summed E-state index contributed by atoms with van der Waals surface area (Å²) in [5.74, 6) is -1.95. The van der Waals surface area contributed by atoms with E-state index in [1.54, 1.807) is 24.3 Å². The van der Waals surface area contributed by atoms with Gasteiger partial charge in [-0.2, -0.15) is 0 Å². The number of carbonyl (C=O) groups is 2. The summed E-state index contributed by atoms with van der Waals surface area (Å²) in [4.78, 5) is 22.6. The molecule has 1 aromatic rings. The van der Waals surface area contributed by atoms with Crippen LogP contribution in [-0.4, -0.2) is 34.2 Å². The number of carboxylic acid groups (broad SMARTS) is 2. The van der Waals surface area contributed by atoms with Crippen molar-refractivity contribution in [2.24, 2.45) is 5.92 Å². The lowest BCUT2D eigenvalue weighted by Gasteiger charge is -2.21. The molecule has 0 aliphatic rings. The van der Waals surface area contributed by atoms with E-state index in [2.05, 4.69) is 5.32 Å². The first-order chi connectivity index (χ1) is 9.79. The largest absolute Gasteiger partial charge is 0.480 e. The first-order valence-corrected chi connectivity index (χ1v) is 6.85. The molecule has 0 radical (unpaired) electrons. The van der Waals surface area contributed by atoms with Gasteiger partial charge in [-0.05, 0) is 36.5 Å². The number of benzene rings is 1. The minimum atomic E-state index is -1.07. The topological polar surface area (TPSA) is 113 Å². The van der Waals surface area contributed by atoms with Crippen LogP contribution in [0.2, 0.25) is 0 Å². The third-order valence-corrected chi connectivity index (χ3v) is 3.13. The molecule has 0 bridgehead atoms. The fraction of sp³-hybridized carbons (Fsp3) is 0.467. The van der Waals surface area contributed by atoms with Crippen molar-refractivity contribution in [2.75, 3.05) is 5.73 Å². The summed E-state index contributed by atoms with van der Waals surface area (Å²) in [7, 11) is 0. The summed E-state index contributed by atoms with van der Waals surface area (Å²) in [5.41, 5.74) is 6.97. The zero-order valence-electron chi connectivity index (χ0n) is 12.2. The molecular weight excluding hydrogens is 272 g/mol. The molecule has 6 nitrogen and oxygen atoms in total.